The van der Waals surface area contributed by atoms with Crippen LogP contribution in [0.4, 0.5) is 9.80 Å². The zero-order valence-corrected chi connectivity index (χ0v) is 24.3. The van der Waals surface area contributed by atoms with Gasteiger partial charge in [-0.3, -0.25) is 19.8 Å². The van der Waals surface area contributed by atoms with Crippen LogP contribution in [0, 0.1) is 0 Å². The van der Waals surface area contributed by atoms with E-state index >= 15 is 0 Å². The third-order valence-electron chi connectivity index (χ3n) is 6.66. The number of fused-ring (bicyclic) bond motifs is 1. The Balaban J connectivity index is 1.54. The minimum absolute atomic E-state index is 0.0655. The highest BCUT2D eigenvalue weighted by Crippen LogP contribution is 2.37. The summed E-state index contributed by atoms with van der Waals surface area (Å²) < 4.78 is 27.4. The van der Waals surface area contributed by atoms with Crippen LogP contribution in [0.25, 0.3) is 0 Å². The Morgan fingerprint density at radius 3 is 2.38 bits per heavy atom. The van der Waals surface area contributed by atoms with Crippen LogP contribution in [-0.4, -0.2) is 62.7 Å². The third kappa shape index (κ3) is 6.58. The molecule has 212 valence electrons. The van der Waals surface area contributed by atoms with E-state index in [1.54, 1.807) is 0 Å². The van der Waals surface area contributed by atoms with Gasteiger partial charge >= 0.3 is 6.03 Å². The van der Waals surface area contributed by atoms with E-state index in [0.717, 1.165) is 35.5 Å². The van der Waals surface area contributed by atoms with Crippen molar-refractivity contribution in [2.75, 3.05) is 32.5 Å². The normalized spacial score (nSPS) is 13.5. The molecule has 4 rings (SSSR count). The van der Waals surface area contributed by atoms with E-state index in [2.05, 4.69) is 27.8 Å². The van der Waals surface area contributed by atoms with Crippen molar-refractivity contribution in [1.82, 2.24) is 19.8 Å². The second-order valence-corrected chi connectivity index (χ2v) is 12.6. The van der Waals surface area contributed by atoms with Gasteiger partial charge in [-0.2, -0.15) is 4.31 Å². The lowest BCUT2D eigenvalue weighted by Gasteiger charge is -2.26. The highest BCUT2D eigenvalue weighted by atomic mass is 32.2. The molecule has 0 saturated carbocycles. The Morgan fingerprint density at radius 1 is 1.02 bits per heavy atom. The summed E-state index contributed by atoms with van der Waals surface area (Å²) in [4.78, 5) is 41.4. The number of benzene rings is 2. The maximum absolute atomic E-state index is 13.2. The summed E-state index contributed by atoms with van der Waals surface area (Å²) in [5, 5.41) is 7.86. The van der Waals surface area contributed by atoms with E-state index in [-0.39, 0.29) is 22.6 Å². The molecule has 1 aliphatic rings. The standard InChI is InChI=1S/C28H33N5O5S2/c1-4-15-33-16-14-22-23(18-33)39-27(24(22)26(35)31-28(36)29-2)30-25(34)20-10-12-21(13-11-20)40(37,38)32(3)17-19-8-6-5-7-9-19/h5-13H,4,14-18H2,1-3H3,(H,30,34)(H2,29,31,35,36). The van der Waals surface area contributed by atoms with Crippen molar-refractivity contribution < 1.29 is 22.8 Å². The first kappa shape index (κ1) is 29.4. The number of carbonyl (C=O) groups excluding carboxylic acids is 3. The van der Waals surface area contributed by atoms with Gasteiger partial charge in [0.25, 0.3) is 11.8 Å². The smallest absolute Gasteiger partial charge is 0.321 e. The Bertz CT molecular complexity index is 1490. The molecule has 1 aromatic heterocycles. The Morgan fingerprint density at radius 2 is 1.73 bits per heavy atom. The van der Waals surface area contributed by atoms with Gasteiger partial charge in [-0.1, -0.05) is 37.3 Å². The zero-order valence-electron chi connectivity index (χ0n) is 22.7. The molecule has 0 unspecified atom stereocenters. The fourth-order valence-electron chi connectivity index (χ4n) is 4.58. The van der Waals surface area contributed by atoms with Crippen LogP contribution in [-0.2, 0) is 29.5 Å². The van der Waals surface area contributed by atoms with Crippen LogP contribution in [0.3, 0.4) is 0 Å². The molecule has 2 heterocycles. The van der Waals surface area contributed by atoms with Crippen LogP contribution in [0.2, 0.25) is 0 Å². The van der Waals surface area contributed by atoms with Crippen LogP contribution < -0.4 is 16.0 Å². The summed E-state index contributed by atoms with van der Waals surface area (Å²) in [5.41, 5.74) is 2.21. The van der Waals surface area contributed by atoms with Crippen molar-refractivity contribution in [1.29, 1.82) is 0 Å². The molecule has 0 fully saturated rings. The summed E-state index contributed by atoms with van der Waals surface area (Å²) in [7, 11) is -0.849. The van der Waals surface area contributed by atoms with E-state index in [9.17, 15) is 22.8 Å². The van der Waals surface area contributed by atoms with Crippen molar-refractivity contribution in [3.63, 3.8) is 0 Å². The van der Waals surface area contributed by atoms with Crippen LogP contribution in [0.15, 0.2) is 59.5 Å². The summed E-state index contributed by atoms with van der Waals surface area (Å²) >= 11 is 1.32. The predicted molar refractivity (Wildman–Crippen MR) is 155 cm³/mol. The minimum atomic E-state index is -3.77. The average Bonchev–Trinajstić information content (AvgIpc) is 3.30. The molecule has 1 aliphatic heterocycles. The predicted octanol–water partition coefficient (Wildman–Crippen LogP) is 3.66. The fraction of sp³-hybridized carbons (Fsp3) is 0.321. The van der Waals surface area contributed by atoms with Crippen LogP contribution in [0.5, 0.6) is 0 Å². The van der Waals surface area contributed by atoms with Gasteiger partial charge in [-0.25, -0.2) is 13.2 Å². The van der Waals surface area contributed by atoms with Gasteiger partial charge < -0.3 is 10.6 Å². The molecule has 0 bridgehead atoms. The Kier molecular flexibility index (Phi) is 9.36. The number of nitrogens with one attached hydrogen (secondary N) is 3. The lowest BCUT2D eigenvalue weighted by atomic mass is 10.0. The van der Waals surface area contributed by atoms with Crippen molar-refractivity contribution >= 4 is 44.2 Å². The Labute approximate surface area is 238 Å². The van der Waals surface area contributed by atoms with Gasteiger partial charge in [0.05, 0.1) is 10.5 Å². The first-order chi connectivity index (χ1) is 19.1. The summed E-state index contributed by atoms with van der Waals surface area (Å²) in [6.45, 7) is 4.68. The number of thiophene rings is 1. The number of hydrogen-bond donors (Lipinski definition) is 3. The fourth-order valence-corrected chi connectivity index (χ4v) is 7.02. The van der Waals surface area contributed by atoms with E-state index < -0.39 is 27.9 Å². The number of urea groups is 1. The van der Waals surface area contributed by atoms with Gasteiger partial charge in [-0.05, 0) is 54.8 Å². The quantitative estimate of drug-likeness (QED) is 0.353. The van der Waals surface area contributed by atoms with Gasteiger partial charge in [0.1, 0.15) is 5.00 Å². The number of carbonyl (C=O) groups is 3. The van der Waals surface area contributed by atoms with E-state index in [0.29, 0.717) is 18.0 Å². The number of sulfonamides is 1. The second-order valence-electron chi connectivity index (χ2n) is 9.49. The van der Waals surface area contributed by atoms with Gasteiger partial charge in [0, 0.05) is 44.2 Å². The SMILES string of the molecule is CCCN1CCc2c(sc(NC(=O)c3ccc(S(=O)(=O)N(C)Cc4ccccc4)cc3)c2C(=O)NC(=O)NC)C1. The molecule has 2 aromatic carbocycles. The van der Waals surface area contributed by atoms with Gasteiger partial charge in [0.2, 0.25) is 10.0 Å². The number of amides is 4. The first-order valence-electron chi connectivity index (χ1n) is 13.0. The molecular weight excluding hydrogens is 550 g/mol. The summed E-state index contributed by atoms with van der Waals surface area (Å²) in [6.07, 6.45) is 1.63. The lowest BCUT2D eigenvalue weighted by Crippen LogP contribution is -2.38. The van der Waals surface area contributed by atoms with Crippen molar-refractivity contribution in [2.45, 2.75) is 37.8 Å². The molecule has 0 spiro atoms. The van der Waals surface area contributed by atoms with Crippen molar-refractivity contribution in [2.24, 2.45) is 0 Å². The van der Waals surface area contributed by atoms with Crippen molar-refractivity contribution in [3.05, 3.63) is 81.7 Å². The summed E-state index contributed by atoms with van der Waals surface area (Å²) in [6, 6.07) is 14.3. The maximum Gasteiger partial charge on any atom is 0.321 e. The Hall–Kier alpha value is -3.58. The van der Waals surface area contributed by atoms with Crippen LogP contribution in [0.1, 0.15) is 50.1 Å². The average molecular weight is 584 g/mol. The number of rotatable bonds is 9. The van der Waals surface area contributed by atoms with E-state index in [4.69, 9.17) is 0 Å². The third-order valence-corrected chi connectivity index (χ3v) is 9.61. The molecule has 0 atom stereocenters. The number of hydrogen-bond acceptors (Lipinski definition) is 7. The minimum Gasteiger partial charge on any atom is -0.341 e. The largest absolute Gasteiger partial charge is 0.341 e. The molecule has 12 heteroatoms. The molecule has 10 nitrogen and oxygen atoms in total. The highest BCUT2D eigenvalue weighted by molar-refractivity contribution is 7.89. The molecule has 0 aliphatic carbocycles. The van der Waals surface area contributed by atoms with Gasteiger partial charge in [0.15, 0.2) is 0 Å². The maximum atomic E-state index is 13.2. The van der Waals surface area contributed by atoms with Crippen LogP contribution >= 0.6 is 11.3 Å². The lowest BCUT2D eigenvalue weighted by molar-refractivity contribution is 0.0964. The molecule has 3 N–H and O–H groups in total. The molecule has 4 amide bonds. The molecular formula is C28H33N5O5S2. The number of imide groups is 1. The molecule has 0 radical (unpaired) electrons. The highest BCUT2D eigenvalue weighted by Gasteiger charge is 2.29. The van der Waals surface area contributed by atoms with E-state index in [1.807, 2.05) is 30.3 Å². The molecule has 0 saturated heterocycles. The second kappa shape index (κ2) is 12.7. The summed E-state index contributed by atoms with van der Waals surface area (Å²) in [5.74, 6) is -1.07. The molecule has 40 heavy (non-hydrogen) atoms. The number of nitrogens with zero attached hydrogens (tertiary/aromatic N) is 2. The monoisotopic (exact) mass is 583 g/mol. The van der Waals surface area contributed by atoms with Gasteiger partial charge in [-0.15, -0.1) is 11.3 Å². The zero-order chi connectivity index (χ0) is 28.9. The molecule has 3 aromatic rings. The number of anilines is 1. The van der Waals surface area contributed by atoms with E-state index in [1.165, 1.54) is 54.0 Å². The topological polar surface area (TPSA) is 128 Å². The van der Waals surface area contributed by atoms with Crippen molar-refractivity contribution in [3.8, 4) is 0 Å². The first-order valence-corrected chi connectivity index (χ1v) is 15.2.